The largest absolute Gasteiger partial charge is 0.379 e. The number of hydrogen-bond donors (Lipinski definition) is 0. The molecule has 20 heavy (non-hydrogen) atoms. The molecule has 1 aliphatic rings. The molecule has 1 aromatic rings. The molecule has 0 radical (unpaired) electrons. The lowest BCUT2D eigenvalue weighted by Crippen LogP contribution is -2.26. The van der Waals surface area contributed by atoms with Gasteiger partial charge >= 0.3 is 0 Å². The van der Waals surface area contributed by atoms with Crippen molar-refractivity contribution < 1.29 is 4.74 Å². The second-order valence-electron chi connectivity index (χ2n) is 6.56. The Hall–Kier alpha value is -0.870. The summed E-state index contributed by atoms with van der Waals surface area (Å²) in [5.41, 5.74) is -0.108. The molecular formula is C15H24ClN3O. The molecule has 4 nitrogen and oxygen atoms in total. The summed E-state index contributed by atoms with van der Waals surface area (Å²) in [6.07, 6.45) is 2.65. The first-order valence-electron chi connectivity index (χ1n) is 7.20. The number of rotatable bonds is 6. The monoisotopic (exact) mass is 297 g/mol. The minimum Gasteiger partial charge on any atom is -0.379 e. The summed E-state index contributed by atoms with van der Waals surface area (Å²) in [5.74, 6) is 2.43. The molecule has 0 atom stereocenters. The van der Waals surface area contributed by atoms with Gasteiger partial charge in [0.15, 0.2) is 0 Å². The van der Waals surface area contributed by atoms with E-state index in [0.29, 0.717) is 5.15 Å². The molecule has 1 saturated carbocycles. The highest BCUT2D eigenvalue weighted by Gasteiger charge is 2.21. The number of halogens is 1. The van der Waals surface area contributed by atoms with Crippen LogP contribution in [0.25, 0.3) is 0 Å². The maximum atomic E-state index is 6.10. The van der Waals surface area contributed by atoms with Crippen molar-refractivity contribution in [3.63, 3.8) is 0 Å². The number of hydrogen-bond acceptors (Lipinski definition) is 4. The molecule has 1 fully saturated rings. The number of likely N-dealkylation sites (N-methyl/N-ethyl adjacent to an activating group) is 1. The van der Waals surface area contributed by atoms with E-state index in [1.54, 1.807) is 6.07 Å². The summed E-state index contributed by atoms with van der Waals surface area (Å²) in [5, 5.41) is 0.491. The van der Waals surface area contributed by atoms with Crippen molar-refractivity contribution >= 4 is 17.4 Å². The Bertz CT molecular complexity index is 455. The van der Waals surface area contributed by atoms with E-state index >= 15 is 0 Å². The Kier molecular flexibility index (Phi) is 4.86. The highest BCUT2D eigenvalue weighted by Crippen LogP contribution is 2.28. The minimum absolute atomic E-state index is 0.108. The fourth-order valence-electron chi connectivity index (χ4n) is 1.79. The fourth-order valence-corrected chi connectivity index (χ4v) is 1.96. The second-order valence-corrected chi connectivity index (χ2v) is 6.95. The molecule has 0 saturated heterocycles. The zero-order valence-corrected chi connectivity index (χ0v) is 13.6. The summed E-state index contributed by atoms with van der Waals surface area (Å²) >= 11 is 6.10. The van der Waals surface area contributed by atoms with Gasteiger partial charge in [-0.3, -0.25) is 0 Å². The lowest BCUT2D eigenvalue weighted by molar-refractivity contribution is 0.130. The highest BCUT2D eigenvalue weighted by molar-refractivity contribution is 6.29. The molecule has 0 bridgehead atoms. The molecule has 1 aromatic heterocycles. The molecule has 0 unspecified atom stereocenters. The SMILES string of the molecule is CN(CCOCC1CC1)c1cc(Cl)nc(C(C)(C)C)n1. The van der Waals surface area contributed by atoms with Crippen molar-refractivity contribution in [3.8, 4) is 0 Å². The van der Waals surface area contributed by atoms with Crippen molar-refractivity contribution in [2.45, 2.75) is 39.0 Å². The van der Waals surface area contributed by atoms with Crippen LogP contribution in [0.4, 0.5) is 5.82 Å². The predicted octanol–water partition coefficient (Wildman–Crippen LogP) is 3.29. The second kappa shape index (κ2) is 6.27. The third kappa shape index (κ3) is 4.60. The van der Waals surface area contributed by atoms with Gasteiger partial charge in [0.2, 0.25) is 0 Å². The zero-order chi connectivity index (χ0) is 14.8. The number of anilines is 1. The van der Waals surface area contributed by atoms with E-state index in [0.717, 1.165) is 37.3 Å². The smallest absolute Gasteiger partial charge is 0.137 e. The maximum absolute atomic E-state index is 6.10. The van der Waals surface area contributed by atoms with E-state index in [1.807, 2.05) is 7.05 Å². The molecule has 1 aliphatic carbocycles. The third-order valence-corrected chi connectivity index (χ3v) is 3.56. The first-order valence-corrected chi connectivity index (χ1v) is 7.58. The van der Waals surface area contributed by atoms with Crippen molar-refractivity contribution in [3.05, 3.63) is 17.0 Å². The first kappa shape index (κ1) is 15.5. The van der Waals surface area contributed by atoms with Crippen LogP contribution in [-0.4, -0.2) is 36.8 Å². The molecule has 112 valence electrons. The van der Waals surface area contributed by atoms with Crippen molar-refractivity contribution in [2.24, 2.45) is 5.92 Å². The van der Waals surface area contributed by atoms with Crippen LogP contribution in [-0.2, 0) is 10.2 Å². The van der Waals surface area contributed by atoms with E-state index < -0.39 is 0 Å². The van der Waals surface area contributed by atoms with E-state index in [4.69, 9.17) is 16.3 Å². The van der Waals surface area contributed by atoms with Crippen LogP contribution in [0.5, 0.6) is 0 Å². The zero-order valence-electron chi connectivity index (χ0n) is 12.8. The Morgan fingerprint density at radius 3 is 2.65 bits per heavy atom. The molecule has 0 N–H and O–H groups in total. The van der Waals surface area contributed by atoms with Crippen LogP contribution in [0.1, 0.15) is 39.4 Å². The van der Waals surface area contributed by atoms with Gasteiger partial charge in [0, 0.05) is 31.7 Å². The lowest BCUT2D eigenvalue weighted by Gasteiger charge is -2.22. The summed E-state index contributed by atoms with van der Waals surface area (Å²) in [6, 6.07) is 1.80. The predicted molar refractivity (Wildman–Crippen MR) is 82.6 cm³/mol. The van der Waals surface area contributed by atoms with Crippen LogP contribution in [0.2, 0.25) is 5.15 Å². The van der Waals surface area contributed by atoms with Gasteiger partial charge in [0.1, 0.15) is 16.8 Å². The number of nitrogens with zero attached hydrogens (tertiary/aromatic N) is 3. The van der Waals surface area contributed by atoms with Crippen LogP contribution in [0, 0.1) is 5.92 Å². The Morgan fingerprint density at radius 2 is 2.05 bits per heavy atom. The van der Waals surface area contributed by atoms with Crippen LogP contribution in [0.15, 0.2) is 6.07 Å². The Labute approximate surface area is 126 Å². The van der Waals surface area contributed by atoms with E-state index in [1.165, 1.54) is 12.8 Å². The normalized spacial score (nSPS) is 15.4. The molecule has 0 aliphatic heterocycles. The van der Waals surface area contributed by atoms with Gasteiger partial charge < -0.3 is 9.64 Å². The van der Waals surface area contributed by atoms with Gasteiger partial charge in [-0.05, 0) is 18.8 Å². The van der Waals surface area contributed by atoms with E-state index in [-0.39, 0.29) is 5.41 Å². The minimum atomic E-state index is -0.108. The maximum Gasteiger partial charge on any atom is 0.137 e. The van der Waals surface area contributed by atoms with E-state index in [2.05, 4.69) is 35.6 Å². The summed E-state index contributed by atoms with van der Waals surface area (Å²) in [7, 11) is 2.01. The molecule has 2 rings (SSSR count). The van der Waals surface area contributed by atoms with Gasteiger partial charge in [-0.25, -0.2) is 9.97 Å². The lowest BCUT2D eigenvalue weighted by atomic mass is 9.96. The number of aromatic nitrogens is 2. The summed E-state index contributed by atoms with van der Waals surface area (Å²) < 4.78 is 5.66. The molecule has 5 heteroatoms. The van der Waals surface area contributed by atoms with Crippen LogP contribution in [0.3, 0.4) is 0 Å². The van der Waals surface area contributed by atoms with Gasteiger partial charge in [-0.1, -0.05) is 32.4 Å². The van der Waals surface area contributed by atoms with Crippen LogP contribution >= 0.6 is 11.6 Å². The average molecular weight is 298 g/mol. The highest BCUT2D eigenvalue weighted by atomic mass is 35.5. The Balaban J connectivity index is 1.93. The standard InChI is InChI=1S/C15H24ClN3O/c1-15(2,3)14-17-12(16)9-13(18-14)19(4)7-8-20-10-11-5-6-11/h9,11H,5-8,10H2,1-4H3. The van der Waals surface area contributed by atoms with Crippen molar-refractivity contribution in [1.29, 1.82) is 0 Å². The fraction of sp³-hybridized carbons (Fsp3) is 0.733. The molecule has 0 aromatic carbocycles. The topological polar surface area (TPSA) is 38.2 Å². The van der Waals surface area contributed by atoms with Gasteiger partial charge in [-0.2, -0.15) is 0 Å². The molecular weight excluding hydrogens is 274 g/mol. The van der Waals surface area contributed by atoms with Crippen molar-refractivity contribution in [2.75, 3.05) is 31.7 Å². The van der Waals surface area contributed by atoms with Crippen LogP contribution < -0.4 is 4.90 Å². The van der Waals surface area contributed by atoms with E-state index in [9.17, 15) is 0 Å². The van der Waals surface area contributed by atoms with Gasteiger partial charge in [-0.15, -0.1) is 0 Å². The summed E-state index contributed by atoms with van der Waals surface area (Å²) in [4.78, 5) is 11.0. The molecule has 1 heterocycles. The Morgan fingerprint density at radius 1 is 1.35 bits per heavy atom. The first-order chi connectivity index (χ1) is 9.36. The van der Waals surface area contributed by atoms with Gasteiger partial charge in [0.25, 0.3) is 0 Å². The molecule has 0 amide bonds. The van der Waals surface area contributed by atoms with Gasteiger partial charge in [0.05, 0.1) is 6.61 Å². The quantitative estimate of drug-likeness (QED) is 0.596. The summed E-state index contributed by atoms with van der Waals surface area (Å²) in [6.45, 7) is 8.68. The third-order valence-electron chi connectivity index (χ3n) is 3.36. The number of ether oxygens (including phenoxy) is 1. The molecule has 0 spiro atoms. The van der Waals surface area contributed by atoms with Crippen molar-refractivity contribution in [1.82, 2.24) is 9.97 Å². The average Bonchev–Trinajstić information content (AvgIpc) is 3.16.